The number of methoxy groups -OCH3 is 2. The summed E-state index contributed by atoms with van der Waals surface area (Å²) in [5.41, 5.74) is 6.78. The summed E-state index contributed by atoms with van der Waals surface area (Å²) in [7, 11) is 3.22. The van der Waals surface area contributed by atoms with Crippen molar-refractivity contribution in [2.45, 2.75) is 12.8 Å². The number of nitrogens with one attached hydrogen (secondary N) is 1. The smallest absolute Gasteiger partial charge is 0.193 e. The Labute approximate surface area is 130 Å². The molecule has 1 aromatic carbocycles. The first-order valence-electron chi connectivity index (χ1n) is 7.09. The number of hydrogen-bond donors (Lipinski definition) is 2. The van der Waals surface area contributed by atoms with Crippen LogP contribution in [0.5, 0.6) is 11.5 Å². The summed E-state index contributed by atoms with van der Waals surface area (Å²) in [5.74, 6) is 4.91. The van der Waals surface area contributed by atoms with Crippen molar-refractivity contribution in [2.24, 2.45) is 16.6 Å². The molecule has 2 rings (SSSR count). The average molecular weight is 309 g/mol. The van der Waals surface area contributed by atoms with Gasteiger partial charge in [0.1, 0.15) is 0 Å². The minimum atomic E-state index is 0.442. The van der Waals surface area contributed by atoms with Gasteiger partial charge >= 0.3 is 0 Å². The molecule has 1 aliphatic rings. The lowest BCUT2D eigenvalue weighted by molar-refractivity contribution is 0.355. The van der Waals surface area contributed by atoms with E-state index in [9.17, 15) is 0 Å². The van der Waals surface area contributed by atoms with Gasteiger partial charge in [-0.3, -0.25) is 4.99 Å². The van der Waals surface area contributed by atoms with Gasteiger partial charge in [-0.2, -0.15) is 11.8 Å². The molecule has 116 valence electrons. The van der Waals surface area contributed by atoms with Crippen LogP contribution in [-0.4, -0.2) is 38.2 Å². The molecule has 1 aliphatic heterocycles. The van der Waals surface area contributed by atoms with Gasteiger partial charge in [-0.15, -0.1) is 0 Å². The molecule has 0 saturated carbocycles. The third-order valence-electron chi connectivity index (χ3n) is 3.43. The van der Waals surface area contributed by atoms with E-state index in [1.54, 1.807) is 14.2 Å². The van der Waals surface area contributed by atoms with Crippen molar-refractivity contribution in [1.29, 1.82) is 0 Å². The van der Waals surface area contributed by atoms with Crippen molar-refractivity contribution in [3.8, 4) is 11.5 Å². The van der Waals surface area contributed by atoms with Crippen LogP contribution < -0.4 is 20.5 Å². The summed E-state index contributed by atoms with van der Waals surface area (Å²) < 4.78 is 10.5. The summed E-state index contributed by atoms with van der Waals surface area (Å²) in [4.78, 5) is 4.44. The van der Waals surface area contributed by atoms with Gasteiger partial charge in [0.25, 0.3) is 0 Å². The van der Waals surface area contributed by atoms with Crippen molar-refractivity contribution in [1.82, 2.24) is 0 Å². The molecule has 1 saturated heterocycles. The predicted octanol–water partition coefficient (Wildman–Crippen LogP) is 2.57. The van der Waals surface area contributed by atoms with E-state index < -0.39 is 0 Å². The maximum Gasteiger partial charge on any atom is 0.193 e. The van der Waals surface area contributed by atoms with Crippen LogP contribution in [-0.2, 0) is 0 Å². The Bertz CT molecular complexity index is 488. The van der Waals surface area contributed by atoms with E-state index in [2.05, 4.69) is 10.3 Å². The standard InChI is InChI=1S/C15H23N3O2S/c1-19-13-6-5-12(8-14(13)20-2)18-15(16)17-9-11-4-3-7-21-10-11/h5-6,8,11H,3-4,7,9-10H2,1-2H3,(H3,16,17,18). The topological polar surface area (TPSA) is 68.9 Å². The predicted molar refractivity (Wildman–Crippen MR) is 89.7 cm³/mol. The van der Waals surface area contributed by atoms with Gasteiger partial charge in [0, 0.05) is 18.3 Å². The lowest BCUT2D eigenvalue weighted by Crippen LogP contribution is -2.24. The Morgan fingerprint density at radius 3 is 2.86 bits per heavy atom. The third-order valence-corrected chi connectivity index (χ3v) is 4.71. The lowest BCUT2D eigenvalue weighted by Gasteiger charge is -2.19. The zero-order chi connectivity index (χ0) is 15.1. The molecule has 3 N–H and O–H groups in total. The van der Waals surface area contributed by atoms with Crippen LogP contribution in [0.1, 0.15) is 12.8 Å². The zero-order valence-electron chi connectivity index (χ0n) is 12.6. The average Bonchev–Trinajstić information content (AvgIpc) is 2.53. The van der Waals surface area contributed by atoms with Crippen molar-refractivity contribution >= 4 is 23.4 Å². The van der Waals surface area contributed by atoms with Crippen LogP contribution in [0.4, 0.5) is 5.69 Å². The Kier molecular flexibility index (Phi) is 6.04. The van der Waals surface area contributed by atoms with Crippen LogP contribution in [0.25, 0.3) is 0 Å². The molecule has 21 heavy (non-hydrogen) atoms. The van der Waals surface area contributed by atoms with E-state index in [1.165, 1.54) is 24.3 Å². The number of rotatable bonds is 5. The highest BCUT2D eigenvalue weighted by atomic mass is 32.2. The lowest BCUT2D eigenvalue weighted by atomic mass is 10.1. The number of hydrogen-bond acceptors (Lipinski definition) is 4. The fourth-order valence-corrected chi connectivity index (χ4v) is 3.42. The highest BCUT2D eigenvalue weighted by Crippen LogP contribution is 2.29. The van der Waals surface area contributed by atoms with Gasteiger partial charge in [0.05, 0.1) is 14.2 Å². The van der Waals surface area contributed by atoms with Gasteiger partial charge in [0.15, 0.2) is 17.5 Å². The monoisotopic (exact) mass is 309 g/mol. The second-order valence-electron chi connectivity index (χ2n) is 5.00. The molecule has 5 nitrogen and oxygen atoms in total. The number of guanidine groups is 1. The van der Waals surface area contributed by atoms with E-state index in [0.29, 0.717) is 23.4 Å². The fraction of sp³-hybridized carbons (Fsp3) is 0.533. The Hall–Kier alpha value is -1.56. The molecule has 0 spiro atoms. The summed E-state index contributed by atoms with van der Waals surface area (Å²) in [6, 6.07) is 5.57. The Morgan fingerprint density at radius 2 is 2.19 bits per heavy atom. The van der Waals surface area contributed by atoms with Gasteiger partial charge in [-0.05, 0) is 42.4 Å². The number of benzene rings is 1. The number of anilines is 1. The number of ether oxygens (including phenoxy) is 2. The van der Waals surface area contributed by atoms with Crippen LogP contribution in [0.2, 0.25) is 0 Å². The number of nitrogens with zero attached hydrogens (tertiary/aromatic N) is 1. The molecular weight excluding hydrogens is 286 g/mol. The summed E-state index contributed by atoms with van der Waals surface area (Å²) in [5, 5.41) is 3.09. The van der Waals surface area contributed by atoms with Gasteiger partial charge in [0.2, 0.25) is 0 Å². The SMILES string of the molecule is COc1ccc(NC(N)=NCC2CCCSC2)cc1OC. The first kappa shape index (κ1) is 15.8. The van der Waals surface area contributed by atoms with Crippen LogP contribution in [0, 0.1) is 5.92 Å². The van der Waals surface area contributed by atoms with Crippen LogP contribution in [0.15, 0.2) is 23.2 Å². The minimum Gasteiger partial charge on any atom is -0.493 e. The highest BCUT2D eigenvalue weighted by Gasteiger charge is 2.13. The Balaban J connectivity index is 1.93. The first-order valence-corrected chi connectivity index (χ1v) is 8.25. The quantitative estimate of drug-likeness (QED) is 0.646. The molecule has 0 bridgehead atoms. The second kappa shape index (κ2) is 8.02. The number of nitrogens with two attached hydrogens (primary N) is 1. The second-order valence-corrected chi connectivity index (χ2v) is 6.15. The van der Waals surface area contributed by atoms with E-state index in [4.69, 9.17) is 15.2 Å². The van der Waals surface area contributed by atoms with Crippen molar-refractivity contribution in [2.75, 3.05) is 37.6 Å². The van der Waals surface area contributed by atoms with E-state index in [0.717, 1.165) is 12.2 Å². The molecule has 1 atom stereocenters. The summed E-state index contributed by atoms with van der Waals surface area (Å²) >= 11 is 2.01. The third kappa shape index (κ3) is 4.74. The molecule has 6 heteroatoms. The molecule has 0 aromatic heterocycles. The van der Waals surface area contributed by atoms with E-state index >= 15 is 0 Å². The van der Waals surface area contributed by atoms with Crippen LogP contribution >= 0.6 is 11.8 Å². The maximum absolute atomic E-state index is 5.94. The van der Waals surface area contributed by atoms with Gasteiger partial charge in [-0.25, -0.2) is 0 Å². The molecular formula is C15H23N3O2S. The first-order chi connectivity index (χ1) is 10.2. The normalized spacial score (nSPS) is 19.1. The Morgan fingerprint density at radius 1 is 1.38 bits per heavy atom. The van der Waals surface area contributed by atoms with E-state index in [-0.39, 0.29) is 0 Å². The summed E-state index contributed by atoms with van der Waals surface area (Å²) in [6.07, 6.45) is 2.54. The molecule has 1 unspecified atom stereocenters. The highest BCUT2D eigenvalue weighted by molar-refractivity contribution is 7.99. The largest absolute Gasteiger partial charge is 0.493 e. The van der Waals surface area contributed by atoms with Crippen molar-refractivity contribution in [3.63, 3.8) is 0 Å². The molecule has 1 aromatic rings. The molecule has 1 heterocycles. The van der Waals surface area contributed by atoms with Crippen molar-refractivity contribution in [3.05, 3.63) is 18.2 Å². The molecule has 0 radical (unpaired) electrons. The van der Waals surface area contributed by atoms with Crippen molar-refractivity contribution < 1.29 is 9.47 Å². The van der Waals surface area contributed by atoms with Crippen LogP contribution in [0.3, 0.4) is 0 Å². The zero-order valence-corrected chi connectivity index (χ0v) is 13.4. The van der Waals surface area contributed by atoms with Gasteiger partial charge in [-0.1, -0.05) is 0 Å². The molecule has 0 aliphatic carbocycles. The fourth-order valence-electron chi connectivity index (χ4n) is 2.28. The van der Waals surface area contributed by atoms with Gasteiger partial charge < -0.3 is 20.5 Å². The molecule has 0 amide bonds. The summed E-state index contributed by atoms with van der Waals surface area (Å²) in [6.45, 7) is 0.791. The minimum absolute atomic E-state index is 0.442. The molecule has 1 fully saturated rings. The maximum atomic E-state index is 5.94. The van der Waals surface area contributed by atoms with E-state index in [1.807, 2.05) is 30.0 Å². The number of thioether (sulfide) groups is 1. The number of aliphatic imine (C=N–C) groups is 1.